The van der Waals surface area contributed by atoms with Crippen LogP contribution in [0.3, 0.4) is 0 Å². The number of carbonyl (C=O) groups excluding carboxylic acids is 1. The topological polar surface area (TPSA) is 66.5 Å². The number of rotatable bonds is 5. The quantitative estimate of drug-likeness (QED) is 0.821. The number of sulfonamides is 1. The fourth-order valence-electron chi connectivity index (χ4n) is 2.76. The molecule has 5 nitrogen and oxygen atoms in total. The Morgan fingerprint density at radius 2 is 1.96 bits per heavy atom. The maximum absolute atomic E-state index is 12.6. The molecule has 1 heterocycles. The highest BCUT2D eigenvalue weighted by molar-refractivity contribution is 7.99. The molecular weight excluding hydrogens is 392 g/mol. The lowest BCUT2D eigenvalue weighted by Gasteiger charge is -2.28. The van der Waals surface area contributed by atoms with Crippen molar-refractivity contribution in [2.24, 2.45) is 0 Å². The molecule has 8 heteroatoms. The van der Waals surface area contributed by atoms with Crippen LogP contribution >= 0.6 is 23.4 Å². The van der Waals surface area contributed by atoms with Gasteiger partial charge in [-0.3, -0.25) is 4.79 Å². The van der Waals surface area contributed by atoms with Crippen molar-refractivity contribution in [3.8, 4) is 0 Å². The van der Waals surface area contributed by atoms with E-state index in [1.54, 1.807) is 47.0 Å². The zero-order chi connectivity index (χ0) is 18.7. The molecule has 1 N–H and O–H groups in total. The van der Waals surface area contributed by atoms with E-state index in [2.05, 4.69) is 4.72 Å². The number of anilines is 1. The van der Waals surface area contributed by atoms with Crippen LogP contribution in [0.5, 0.6) is 0 Å². The maximum Gasteiger partial charge on any atom is 0.240 e. The van der Waals surface area contributed by atoms with Gasteiger partial charge in [0.05, 0.1) is 10.6 Å². The minimum atomic E-state index is -3.60. The van der Waals surface area contributed by atoms with Crippen LogP contribution in [0.2, 0.25) is 5.02 Å². The molecule has 0 saturated heterocycles. The van der Waals surface area contributed by atoms with Crippen molar-refractivity contribution in [3.05, 3.63) is 53.1 Å². The summed E-state index contributed by atoms with van der Waals surface area (Å²) in [5.41, 5.74) is 1.78. The first-order chi connectivity index (χ1) is 12.4. The molecule has 0 radical (unpaired) electrons. The lowest BCUT2D eigenvalue weighted by Crippen LogP contribution is -2.33. The molecule has 2 aromatic rings. The molecule has 1 amide bonds. The Balaban J connectivity index is 1.71. The predicted molar refractivity (Wildman–Crippen MR) is 106 cm³/mol. The standard InChI is InChI=1S/C18H19ClN2O3S2/c1-13(22)21-10-11-25-18-12-16(6-7-17(18)21)26(23,24)20-9-8-14-2-4-15(19)5-3-14/h2-7,12,20H,8-11H2,1H3. The van der Waals surface area contributed by atoms with Gasteiger partial charge in [0.1, 0.15) is 0 Å². The highest BCUT2D eigenvalue weighted by Gasteiger charge is 2.23. The Morgan fingerprint density at radius 3 is 2.65 bits per heavy atom. The second-order valence-corrected chi connectivity index (χ2v) is 9.26. The van der Waals surface area contributed by atoms with Gasteiger partial charge in [0.2, 0.25) is 15.9 Å². The van der Waals surface area contributed by atoms with Crippen molar-refractivity contribution in [3.63, 3.8) is 0 Å². The third-order valence-corrected chi connectivity index (χ3v) is 6.84. The summed E-state index contributed by atoms with van der Waals surface area (Å²) in [5, 5.41) is 0.653. The molecule has 3 rings (SSSR count). The van der Waals surface area contributed by atoms with Crippen LogP contribution in [0.4, 0.5) is 5.69 Å². The lowest BCUT2D eigenvalue weighted by atomic mass is 10.2. The Hall–Kier alpha value is -1.54. The fraction of sp³-hybridized carbons (Fsp3) is 0.278. The van der Waals surface area contributed by atoms with Gasteiger partial charge in [-0.2, -0.15) is 0 Å². The zero-order valence-corrected chi connectivity index (χ0v) is 16.6. The van der Waals surface area contributed by atoms with E-state index in [4.69, 9.17) is 11.6 Å². The monoisotopic (exact) mass is 410 g/mol. The van der Waals surface area contributed by atoms with Gasteiger partial charge < -0.3 is 4.90 Å². The minimum Gasteiger partial charge on any atom is -0.311 e. The smallest absolute Gasteiger partial charge is 0.240 e. The molecule has 1 aliphatic heterocycles. The van der Waals surface area contributed by atoms with Crippen LogP contribution < -0.4 is 9.62 Å². The van der Waals surface area contributed by atoms with Crippen molar-refractivity contribution in [1.82, 2.24) is 4.72 Å². The SMILES string of the molecule is CC(=O)N1CCSc2cc(S(=O)(=O)NCCc3ccc(Cl)cc3)ccc21. The Labute approximate surface area is 162 Å². The summed E-state index contributed by atoms with van der Waals surface area (Å²) < 4.78 is 27.7. The van der Waals surface area contributed by atoms with E-state index in [0.29, 0.717) is 24.5 Å². The Kier molecular flexibility index (Phi) is 5.92. The number of nitrogens with one attached hydrogen (secondary N) is 1. The van der Waals surface area contributed by atoms with E-state index in [1.165, 1.54) is 6.92 Å². The summed E-state index contributed by atoms with van der Waals surface area (Å²) >= 11 is 7.41. The van der Waals surface area contributed by atoms with Crippen LogP contribution in [0.25, 0.3) is 0 Å². The average Bonchev–Trinajstić information content (AvgIpc) is 2.62. The minimum absolute atomic E-state index is 0.0387. The Morgan fingerprint density at radius 1 is 1.23 bits per heavy atom. The van der Waals surface area contributed by atoms with Gasteiger partial charge in [0.15, 0.2) is 0 Å². The number of thioether (sulfide) groups is 1. The summed E-state index contributed by atoms with van der Waals surface area (Å²) in [6.45, 7) is 2.45. The molecule has 0 spiro atoms. The molecule has 0 fully saturated rings. The van der Waals surface area contributed by atoms with Crippen LogP contribution in [-0.4, -0.2) is 33.2 Å². The van der Waals surface area contributed by atoms with E-state index >= 15 is 0 Å². The number of benzene rings is 2. The molecule has 0 atom stereocenters. The normalized spacial score (nSPS) is 14.2. The van der Waals surface area contributed by atoms with E-state index in [-0.39, 0.29) is 10.8 Å². The van der Waals surface area contributed by atoms with Crippen molar-refractivity contribution in [1.29, 1.82) is 0 Å². The molecule has 0 saturated carbocycles. The van der Waals surface area contributed by atoms with Crippen LogP contribution in [0, 0.1) is 0 Å². The van der Waals surface area contributed by atoms with E-state index < -0.39 is 10.0 Å². The molecular formula is C18H19ClN2O3S2. The van der Waals surface area contributed by atoms with Crippen molar-refractivity contribution >= 4 is 45.0 Å². The molecule has 0 aromatic heterocycles. The van der Waals surface area contributed by atoms with Crippen molar-refractivity contribution in [2.75, 3.05) is 23.7 Å². The van der Waals surface area contributed by atoms with Gasteiger partial charge in [-0.25, -0.2) is 13.1 Å². The molecule has 138 valence electrons. The van der Waals surface area contributed by atoms with Gasteiger partial charge in [-0.1, -0.05) is 23.7 Å². The van der Waals surface area contributed by atoms with Gasteiger partial charge >= 0.3 is 0 Å². The van der Waals surface area contributed by atoms with Gasteiger partial charge in [0, 0.05) is 35.7 Å². The second-order valence-electron chi connectivity index (χ2n) is 5.92. The number of halogens is 1. The van der Waals surface area contributed by atoms with E-state index in [1.807, 2.05) is 12.1 Å². The number of fused-ring (bicyclic) bond motifs is 1. The highest BCUT2D eigenvalue weighted by atomic mass is 35.5. The third-order valence-electron chi connectivity index (χ3n) is 4.10. The van der Waals surface area contributed by atoms with Gasteiger partial charge in [-0.15, -0.1) is 11.8 Å². The van der Waals surface area contributed by atoms with Crippen LogP contribution in [0.1, 0.15) is 12.5 Å². The van der Waals surface area contributed by atoms with E-state index in [9.17, 15) is 13.2 Å². The van der Waals surface area contributed by atoms with Crippen molar-refractivity contribution < 1.29 is 13.2 Å². The van der Waals surface area contributed by atoms with Crippen LogP contribution in [-0.2, 0) is 21.2 Å². The largest absolute Gasteiger partial charge is 0.311 e. The molecule has 0 unspecified atom stereocenters. The zero-order valence-electron chi connectivity index (χ0n) is 14.2. The third kappa shape index (κ3) is 4.40. The molecule has 26 heavy (non-hydrogen) atoms. The first-order valence-electron chi connectivity index (χ1n) is 8.16. The first kappa shape index (κ1) is 19.2. The highest BCUT2D eigenvalue weighted by Crippen LogP contribution is 2.36. The summed E-state index contributed by atoms with van der Waals surface area (Å²) in [6, 6.07) is 12.2. The van der Waals surface area contributed by atoms with Gasteiger partial charge in [-0.05, 0) is 42.3 Å². The summed E-state index contributed by atoms with van der Waals surface area (Å²) in [7, 11) is -3.60. The molecule has 0 bridgehead atoms. The molecule has 2 aromatic carbocycles. The number of nitrogens with zero attached hydrogens (tertiary/aromatic N) is 1. The van der Waals surface area contributed by atoms with Gasteiger partial charge in [0.25, 0.3) is 0 Å². The lowest BCUT2D eigenvalue weighted by molar-refractivity contribution is -0.116. The number of hydrogen-bond donors (Lipinski definition) is 1. The summed E-state index contributed by atoms with van der Waals surface area (Å²) in [4.78, 5) is 14.4. The predicted octanol–water partition coefficient (Wildman–Crippen LogP) is 3.32. The fourth-order valence-corrected chi connectivity index (χ4v) is 5.05. The first-order valence-corrected chi connectivity index (χ1v) is 11.0. The van der Waals surface area contributed by atoms with E-state index in [0.717, 1.165) is 21.9 Å². The van der Waals surface area contributed by atoms with Crippen LogP contribution in [0.15, 0.2) is 52.3 Å². The number of carbonyl (C=O) groups is 1. The number of hydrogen-bond acceptors (Lipinski definition) is 4. The van der Waals surface area contributed by atoms with Crippen molar-refractivity contribution in [2.45, 2.75) is 23.1 Å². The number of amides is 1. The second kappa shape index (κ2) is 8.00. The Bertz CT molecular complexity index is 915. The summed E-state index contributed by atoms with van der Waals surface area (Å²) in [5.74, 6) is 0.711. The maximum atomic E-state index is 12.6. The summed E-state index contributed by atoms with van der Waals surface area (Å²) in [6.07, 6.45) is 0.578. The molecule has 1 aliphatic rings. The average molecular weight is 411 g/mol. The molecule has 0 aliphatic carbocycles.